The Morgan fingerprint density at radius 1 is 1.43 bits per heavy atom. The molecule has 1 fully saturated rings. The van der Waals surface area contributed by atoms with E-state index in [9.17, 15) is 14.4 Å². The van der Waals surface area contributed by atoms with Gasteiger partial charge in [-0.1, -0.05) is 0 Å². The monoisotopic (exact) mass is 297 g/mol. The van der Waals surface area contributed by atoms with Crippen LogP contribution in [0.25, 0.3) is 0 Å². The molecular formula is C12H19N5O4. The van der Waals surface area contributed by atoms with Gasteiger partial charge in [-0.05, 0) is 12.8 Å². The van der Waals surface area contributed by atoms with Crippen LogP contribution in [0.15, 0.2) is 9.59 Å². The number of hydrogen-bond acceptors (Lipinski definition) is 6. The van der Waals surface area contributed by atoms with Crippen LogP contribution >= 0.6 is 0 Å². The maximum absolute atomic E-state index is 11.9. The number of methoxy groups -OCH3 is 1. The molecule has 0 saturated carbocycles. The molecule has 0 spiro atoms. The van der Waals surface area contributed by atoms with Crippen LogP contribution in [0.4, 0.5) is 11.5 Å². The lowest BCUT2D eigenvalue weighted by atomic mass is 10.1. The van der Waals surface area contributed by atoms with Gasteiger partial charge in [0.15, 0.2) is 0 Å². The number of nitrogens with zero attached hydrogens (tertiary/aromatic N) is 1. The fraction of sp³-hybridized carbons (Fsp3) is 0.583. The number of H-pyrrole nitrogens is 1. The molecule has 2 heterocycles. The summed E-state index contributed by atoms with van der Waals surface area (Å²) in [6.07, 6.45) is 1.41. The van der Waals surface area contributed by atoms with Crippen LogP contribution in [0, 0.1) is 0 Å². The molecule has 0 aromatic carbocycles. The first kappa shape index (κ1) is 15.1. The van der Waals surface area contributed by atoms with Crippen molar-refractivity contribution in [2.45, 2.75) is 25.4 Å². The largest absolute Gasteiger partial charge is 0.383 e. The lowest BCUT2D eigenvalue weighted by molar-refractivity contribution is -0.123. The van der Waals surface area contributed by atoms with Crippen LogP contribution in [0.3, 0.4) is 0 Å². The van der Waals surface area contributed by atoms with E-state index >= 15 is 0 Å². The van der Waals surface area contributed by atoms with E-state index in [1.54, 1.807) is 0 Å². The number of aromatic nitrogens is 2. The Balaban J connectivity index is 2.32. The Bertz CT molecular complexity index is 636. The zero-order chi connectivity index (χ0) is 15.4. The van der Waals surface area contributed by atoms with Crippen LogP contribution in [0.1, 0.15) is 12.8 Å². The molecule has 1 amide bonds. The highest BCUT2D eigenvalue weighted by Crippen LogP contribution is 2.15. The van der Waals surface area contributed by atoms with Crippen LogP contribution in [-0.4, -0.2) is 41.8 Å². The molecule has 1 aliphatic heterocycles. The summed E-state index contributed by atoms with van der Waals surface area (Å²) in [6.45, 7) is 1.11. The van der Waals surface area contributed by atoms with Gasteiger partial charge in [0.1, 0.15) is 17.5 Å². The molecule has 1 aromatic heterocycles. The SMILES string of the molecule is COCCn1c(N)c(NC2CCCNC2=O)c(=O)[nH]c1=O. The summed E-state index contributed by atoms with van der Waals surface area (Å²) in [5.74, 6) is -0.186. The summed E-state index contributed by atoms with van der Waals surface area (Å²) < 4.78 is 6.10. The number of aromatic amines is 1. The number of rotatable bonds is 5. The third kappa shape index (κ3) is 3.24. The molecule has 9 nitrogen and oxygen atoms in total. The first-order valence-corrected chi connectivity index (χ1v) is 6.70. The number of hydrogen-bond donors (Lipinski definition) is 4. The molecule has 116 valence electrons. The van der Waals surface area contributed by atoms with Crippen LogP contribution in [0.2, 0.25) is 0 Å². The van der Waals surface area contributed by atoms with Gasteiger partial charge in [-0.2, -0.15) is 0 Å². The second kappa shape index (κ2) is 6.44. The number of nitrogens with one attached hydrogen (secondary N) is 3. The minimum absolute atomic E-state index is 0.000765. The number of anilines is 2. The average Bonchev–Trinajstić information content (AvgIpc) is 2.45. The number of nitrogen functional groups attached to an aromatic ring is 1. The van der Waals surface area contributed by atoms with Gasteiger partial charge >= 0.3 is 5.69 Å². The zero-order valence-corrected chi connectivity index (χ0v) is 11.8. The van der Waals surface area contributed by atoms with Gasteiger partial charge in [-0.25, -0.2) is 4.79 Å². The van der Waals surface area contributed by atoms with Crippen molar-refractivity contribution in [3.8, 4) is 0 Å². The Hall–Kier alpha value is -2.29. The lowest BCUT2D eigenvalue weighted by Crippen LogP contribution is -2.46. The second-order valence-electron chi connectivity index (χ2n) is 4.79. The molecule has 21 heavy (non-hydrogen) atoms. The highest BCUT2D eigenvalue weighted by atomic mass is 16.5. The highest BCUT2D eigenvalue weighted by Gasteiger charge is 2.24. The fourth-order valence-electron chi connectivity index (χ4n) is 2.22. The van der Waals surface area contributed by atoms with Gasteiger partial charge in [-0.15, -0.1) is 0 Å². The predicted octanol–water partition coefficient (Wildman–Crippen LogP) is -1.54. The number of carbonyl (C=O) groups is 1. The first-order valence-electron chi connectivity index (χ1n) is 6.70. The van der Waals surface area contributed by atoms with Gasteiger partial charge in [0.25, 0.3) is 5.56 Å². The van der Waals surface area contributed by atoms with E-state index in [-0.39, 0.29) is 30.6 Å². The van der Waals surface area contributed by atoms with E-state index in [2.05, 4.69) is 15.6 Å². The summed E-state index contributed by atoms with van der Waals surface area (Å²) in [5, 5.41) is 5.54. The van der Waals surface area contributed by atoms with Crippen molar-refractivity contribution in [1.29, 1.82) is 0 Å². The number of nitrogens with two attached hydrogens (primary N) is 1. The minimum Gasteiger partial charge on any atom is -0.383 e. The molecule has 1 atom stereocenters. The van der Waals surface area contributed by atoms with Gasteiger partial charge in [0.2, 0.25) is 5.91 Å². The molecule has 2 rings (SSSR count). The Labute approximate surface area is 120 Å². The topological polar surface area (TPSA) is 131 Å². The number of carbonyl (C=O) groups excluding carboxylic acids is 1. The Morgan fingerprint density at radius 2 is 2.19 bits per heavy atom. The van der Waals surface area contributed by atoms with Crippen molar-refractivity contribution in [2.75, 3.05) is 31.3 Å². The average molecular weight is 297 g/mol. The van der Waals surface area contributed by atoms with Crippen molar-refractivity contribution in [1.82, 2.24) is 14.9 Å². The maximum atomic E-state index is 11.9. The van der Waals surface area contributed by atoms with E-state index in [0.29, 0.717) is 13.0 Å². The predicted molar refractivity (Wildman–Crippen MR) is 77.3 cm³/mol. The third-order valence-corrected chi connectivity index (χ3v) is 3.36. The molecule has 9 heteroatoms. The lowest BCUT2D eigenvalue weighted by Gasteiger charge is -2.24. The van der Waals surface area contributed by atoms with Gasteiger partial charge < -0.3 is 21.1 Å². The number of piperidine rings is 1. The minimum atomic E-state index is -0.635. The molecule has 1 unspecified atom stereocenters. The summed E-state index contributed by atoms with van der Waals surface area (Å²) in [4.78, 5) is 37.5. The summed E-state index contributed by atoms with van der Waals surface area (Å²) in [7, 11) is 1.50. The number of amides is 1. The van der Waals surface area contributed by atoms with E-state index in [1.165, 1.54) is 11.7 Å². The molecule has 1 saturated heterocycles. The normalized spacial score (nSPS) is 18.3. The van der Waals surface area contributed by atoms with Crippen LogP contribution in [0.5, 0.6) is 0 Å². The van der Waals surface area contributed by atoms with Crippen molar-refractivity contribution >= 4 is 17.4 Å². The maximum Gasteiger partial charge on any atom is 0.330 e. The second-order valence-corrected chi connectivity index (χ2v) is 4.79. The molecule has 0 radical (unpaired) electrons. The molecule has 0 bridgehead atoms. The van der Waals surface area contributed by atoms with E-state index < -0.39 is 17.3 Å². The van der Waals surface area contributed by atoms with Crippen molar-refractivity contribution < 1.29 is 9.53 Å². The Kier molecular flexibility index (Phi) is 4.63. The smallest absolute Gasteiger partial charge is 0.330 e. The van der Waals surface area contributed by atoms with Gasteiger partial charge in [-0.3, -0.25) is 19.1 Å². The molecular weight excluding hydrogens is 278 g/mol. The van der Waals surface area contributed by atoms with Crippen LogP contribution in [-0.2, 0) is 16.1 Å². The van der Waals surface area contributed by atoms with Gasteiger partial charge in [0, 0.05) is 13.7 Å². The first-order chi connectivity index (χ1) is 10.0. The highest BCUT2D eigenvalue weighted by molar-refractivity contribution is 5.86. The molecule has 0 aliphatic carbocycles. The fourth-order valence-corrected chi connectivity index (χ4v) is 2.22. The van der Waals surface area contributed by atoms with Crippen molar-refractivity contribution in [2.24, 2.45) is 0 Å². The summed E-state index contributed by atoms with van der Waals surface area (Å²) in [6, 6.07) is -0.532. The molecule has 5 N–H and O–H groups in total. The van der Waals surface area contributed by atoms with E-state index in [4.69, 9.17) is 10.5 Å². The van der Waals surface area contributed by atoms with E-state index in [0.717, 1.165) is 6.42 Å². The standard InChI is InChI=1S/C12H19N5O4/c1-21-6-5-17-9(13)8(11(19)16-12(17)20)15-7-3-2-4-14-10(7)18/h7,15H,2-6,13H2,1H3,(H,14,18)(H,16,19,20). The quantitative estimate of drug-likeness (QED) is 0.520. The summed E-state index contributed by atoms with van der Waals surface area (Å²) >= 11 is 0. The zero-order valence-electron chi connectivity index (χ0n) is 11.8. The Morgan fingerprint density at radius 3 is 2.86 bits per heavy atom. The van der Waals surface area contributed by atoms with Crippen molar-refractivity contribution in [3.05, 3.63) is 20.8 Å². The summed E-state index contributed by atoms with van der Waals surface area (Å²) in [5.41, 5.74) is 4.68. The number of ether oxygens (including phenoxy) is 1. The third-order valence-electron chi connectivity index (χ3n) is 3.36. The van der Waals surface area contributed by atoms with E-state index in [1.807, 2.05) is 0 Å². The molecule has 1 aromatic rings. The van der Waals surface area contributed by atoms with Gasteiger partial charge in [0.05, 0.1) is 13.2 Å². The van der Waals surface area contributed by atoms with Crippen molar-refractivity contribution in [3.63, 3.8) is 0 Å². The molecule has 1 aliphatic rings. The van der Waals surface area contributed by atoms with Crippen LogP contribution < -0.4 is 27.6 Å².